The van der Waals surface area contributed by atoms with Gasteiger partial charge in [0.15, 0.2) is 0 Å². The van der Waals surface area contributed by atoms with Gasteiger partial charge in [0.05, 0.1) is 41.2 Å². The van der Waals surface area contributed by atoms with Gasteiger partial charge in [-0.15, -0.1) is 0 Å². The van der Waals surface area contributed by atoms with Gasteiger partial charge in [-0.1, -0.05) is 24.3 Å². The van der Waals surface area contributed by atoms with E-state index in [1.165, 1.54) is 72.8 Å². The number of nitro groups is 4. The molecule has 0 saturated heterocycles. The molecule has 160 valence electrons. The molecule has 0 bridgehead atoms. The summed E-state index contributed by atoms with van der Waals surface area (Å²) in [4.78, 5) is 40.7. The Morgan fingerprint density at radius 3 is 0.719 bits per heavy atom. The van der Waals surface area contributed by atoms with Crippen molar-refractivity contribution in [3.63, 3.8) is 0 Å². The van der Waals surface area contributed by atoms with Crippen LogP contribution in [-0.4, -0.2) is 19.7 Å². The molecule has 0 saturated carbocycles. The first kappa shape index (κ1) is 21.7. The van der Waals surface area contributed by atoms with Gasteiger partial charge in [0.25, 0.3) is 22.7 Å². The Kier molecular flexibility index (Phi) is 5.96. The molecule has 0 N–H and O–H groups in total. The first-order chi connectivity index (χ1) is 15.2. The number of nitrogens with zero attached hydrogens (tertiary/aromatic N) is 4. The van der Waals surface area contributed by atoms with E-state index >= 15 is 0 Å². The van der Waals surface area contributed by atoms with Gasteiger partial charge in [-0.05, 0) is 24.3 Å². The number of non-ortho nitro benzene ring substituents is 4. The third-order valence-electron chi connectivity index (χ3n) is 4.54. The van der Waals surface area contributed by atoms with Crippen molar-refractivity contribution in [2.24, 2.45) is 0 Å². The lowest BCUT2D eigenvalue weighted by molar-refractivity contribution is -0.384. The molecule has 0 aliphatic rings. The summed E-state index contributed by atoms with van der Waals surface area (Å²) in [5, 5.41) is 44.0. The molecular formula is C20H12N4O8. The van der Waals surface area contributed by atoms with Crippen molar-refractivity contribution in [2.75, 3.05) is 0 Å². The fourth-order valence-electron chi connectivity index (χ4n) is 3.19. The molecule has 4 aromatic carbocycles. The van der Waals surface area contributed by atoms with E-state index in [9.17, 15) is 40.5 Å². The SMILES string of the molecule is O=[N+]([O-])c1cccc2c([N+](=O)[O-])cccc12.O=[N+]([O-])c1cccc2c([N+](=O)[O-])cccc12. The molecule has 12 nitrogen and oxygen atoms in total. The number of nitro benzene ring substituents is 4. The molecule has 0 atom stereocenters. The van der Waals surface area contributed by atoms with Crippen LogP contribution >= 0.6 is 0 Å². The molecule has 4 aromatic rings. The van der Waals surface area contributed by atoms with Gasteiger partial charge in [0.2, 0.25) is 0 Å². The van der Waals surface area contributed by atoms with E-state index in [-0.39, 0.29) is 44.3 Å². The predicted molar refractivity (Wildman–Crippen MR) is 115 cm³/mol. The highest BCUT2D eigenvalue weighted by Crippen LogP contribution is 2.32. The van der Waals surface area contributed by atoms with Crippen LogP contribution in [0.2, 0.25) is 0 Å². The zero-order valence-electron chi connectivity index (χ0n) is 16.0. The lowest BCUT2D eigenvalue weighted by atomic mass is 10.1. The number of hydrogen-bond donors (Lipinski definition) is 0. The summed E-state index contributed by atoms with van der Waals surface area (Å²) >= 11 is 0. The first-order valence-corrected chi connectivity index (χ1v) is 8.83. The maximum Gasteiger partial charge on any atom is 0.277 e. The van der Waals surface area contributed by atoms with Gasteiger partial charge in [0, 0.05) is 24.3 Å². The molecule has 12 heteroatoms. The third kappa shape index (κ3) is 4.14. The van der Waals surface area contributed by atoms with E-state index in [2.05, 4.69) is 0 Å². The highest BCUT2D eigenvalue weighted by Gasteiger charge is 2.18. The second kappa shape index (κ2) is 8.79. The topological polar surface area (TPSA) is 173 Å². The quantitative estimate of drug-likeness (QED) is 0.305. The molecule has 0 radical (unpaired) electrons. The van der Waals surface area contributed by atoms with E-state index in [1.807, 2.05) is 0 Å². The Hall–Kier alpha value is -5.00. The van der Waals surface area contributed by atoms with E-state index in [0.29, 0.717) is 0 Å². The fraction of sp³-hybridized carbons (Fsp3) is 0. The van der Waals surface area contributed by atoms with Crippen molar-refractivity contribution in [3.8, 4) is 0 Å². The van der Waals surface area contributed by atoms with Crippen LogP contribution in [0.1, 0.15) is 0 Å². The van der Waals surface area contributed by atoms with Crippen LogP contribution in [0.4, 0.5) is 22.7 Å². The van der Waals surface area contributed by atoms with Gasteiger partial charge in [0.1, 0.15) is 0 Å². The molecule has 0 amide bonds. The van der Waals surface area contributed by atoms with Gasteiger partial charge >= 0.3 is 0 Å². The van der Waals surface area contributed by atoms with Crippen molar-refractivity contribution in [1.29, 1.82) is 0 Å². The van der Waals surface area contributed by atoms with Crippen LogP contribution in [0.3, 0.4) is 0 Å². The third-order valence-corrected chi connectivity index (χ3v) is 4.54. The maximum absolute atomic E-state index is 10.7. The van der Waals surface area contributed by atoms with Gasteiger partial charge in [-0.25, -0.2) is 0 Å². The summed E-state index contributed by atoms with van der Waals surface area (Å²) in [5.74, 6) is 0. The van der Waals surface area contributed by atoms with Gasteiger partial charge < -0.3 is 0 Å². The van der Waals surface area contributed by atoms with Gasteiger partial charge in [-0.3, -0.25) is 40.5 Å². The van der Waals surface area contributed by atoms with Crippen molar-refractivity contribution >= 4 is 44.3 Å². The fourth-order valence-corrected chi connectivity index (χ4v) is 3.19. The second-order valence-electron chi connectivity index (χ2n) is 6.33. The number of benzene rings is 4. The van der Waals surface area contributed by atoms with Crippen LogP contribution in [-0.2, 0) is 0 Å². The van der Waals surface area contributed by atoms with Crippen LogP contribution in [0.5, 0.6) is 0 Å². The van der Waals surface area contributed by atoms with Crippen molar-refractivity contribution in [1.82, 2.24) is 0 Å². The highest BCUT2D eigenvalue weighted by molar-refractivity contribution is 5.97. The minimum atomic E-state index is -0.550. The number of fused-ring (bicyclic) bond motifs is 2. The maximum atomic E-state index is 10.7. The molecule has 0 aliphatic heterocycles. The Balaban J connectivity index is 0.000000181. The van der Waals surface area contributed by atoms with Crippen molar-refractivity contribution in [2.45, 2.75) is 0 Å². The average Bonchev–Trinajstić information content (AvgIpc) is 2.77. The normalized spacial score (nSPS) is 10.2. The van der Waals surface area contributed by atoms with Crippen LogP contribution in [0.25, 0.3) is 21.5 Å². The van der Waals surface area contributed by atoms with E-state index in [1.54, 1.807) is 0 Å². The Labute approximate surface area is 177 Å². The number of hydrogen-bond acceptors (Lipinski definition) is 8. The zero-order valence-corrected chi connectivity index (χ0v) is 16.0. The highest BCUT2D eigenvalue weighted by atomic mass is 16.6. The summed E-state index contributed by atoms with van der Waals surface area (Å²) in [5.41, 5.74) is -0.496. The smallest absolute Gasteiger partial charge is 0.258 e. The Morgan fingerprint density at radius 1 is 0.375 bits per heavy atom. The Morgan fingerprint density at radius 2 is 0.562 bits per heavy atom. The zero-order chi connectivity index (χ0) is 23.4. The average molecular weight is 436 g/mol. The van der Waals surface area contributed by atoms with E-state index in [0.717, 1.165) is 0 Å². The van der Waals surface area contributed by atoms with Crippen molar-refractivity contribution in [3.05, 3.63) is 113 Å². The second-order valence-corrected chi connectivity index (χ2v) is 6.33. The summed E-state index contributed by atoms with van der Waals surface area (Å²) in [6, 6.07) is 17.1. The van der Waals surface area contributed by atoms with E-state index < -0.39 is 19.7 Å². The molecule has 0 spiro atoms. The van der Waals surface area contributed by atoms with Crippen LogP contribution < -0.4 is 0 Å². The largest absolute Gasteiger partial charge is 0.277 e. The minimum Gasteiger partial charge on any atom is -0.258 e. The molecule has 0 heterocycles. The molecule has 0 unspecified atom stereocenters. The lowest BCUT2D eigenvalue weighted by Crippen LogP contribution is -1.92. The monoisotopic (exact) mass is 436 g/mol. The molecule has 0 aromatic heterocycles. The van der Waals surface area contributed by atoms with Gasteiger partial charge in [-0.2, -0.15) is 0 Å². The van der Waals surface area contributed by atoms with E-state index in [4.69, 9.17) is 0 Å². The van der Waals surface area contributed by atoms with Crippen molar-refractivity contribution < 1.29 is 19.7 Å². The first-order valence-electron chi connectivity index (χ1n) is 8.83. The summed E-state index contributed by atoms with van der Waals surface area (Å²) in [6.07, 6.45) is 0. The molecule has 0 aliphatic carbocycles. The molecular weight excluding hydrogens is 424 g/mol. The predicted octanol–water partition coefficient (Wildman–Crippen LogP) is 5.31. The standard InChI is InChI=1S/2C10H6N2O4/c2*13-11(14)9-5-1-3-7-8(9)4-2-6-10(7)12(15)16/h2*1-6H. The number of rotatable bonds is 4. The summed E-state index contributed by atoms with van der Waals surface area (Å²) in [6.45, 7) is 0. The molecule has 4 rings (SSSR count). The summed E-state index contributed by atoms with van der Waals surface area (Å²) < 4.78 is 0. The Bertz CT molecular complexity index is 1190. The summed E-state index contributed by atoms with van der Waals surface area (Å²) in [7, 11) is 0. The molecule has 0 fully saturated rings. The van der Waals surface area contributed by atoms with Crippen LogP contribution in [0, 0.1) is 40.5 Å². The lowest BCUT2D eigenvalue weighted by Gasteiger charge is -1.99. The molecule has 32 heavy (non-hydrogen) atoms. The van der Waals surface area contributed by atoms with Crippen LogP contribution in [0.15, 0.2) is 72.8 Å². The minimum absolute atomic E-state index is 0.124.